The zero-order valence-corrected chi connectivity index (χ0v) is 10.1. The van der Waals surface area contributed by atoms with Gasteiger partial charge < -0.3 is 10.3 Å². The molecule has 16 heavy (non-hydrogen) atoms. The van der Waals surface area contributed by atoms with Crippen LogP contribution in [0, 0.1) is 0 Å². The summed E-state index contributed by atoms with van der Waals surface area (Å²) in [7, 11) is 0. The molecule has 0 aliphatic heterocycles. The van der Waals surface area contributed by atoms with Crippen LogP contribution in [0.4, 0.5) is 5.69 Å². The molecular weight excluding hydrogens is 268 g/mol. The van der Waals surface area contributed by atoms with Crippen LogP contribution in [-0.2, 0) is 6.54 Å². The lowest BCUT2D eigenvalue weighted by Gasteiger charge is -2.07. The molecule has 0 saturated carbocycles. The highest BCUT2D eigenvalue weighted by Crippen LogP contribution is 2.20. The topological polar surface area (TPSA) is 48.0 Å². The Morgan fingerprint density at radius 1 is 1.19 bits per heavy atom. The van der Waals surface area contributed by atoms with E-state index >= 15 is 0 Å². The van der Waals surface area contributed by atoms with Crippen LogP contribution < -0.4 is 11.2 Å². The molecule has 2 aromatic rings. The molecule has 2 rings (SSSR count). The van der Waals surface area contributed by atoms with Gasteiger partial charge in [-0.05, 0) is 33.6 Å². The minimum Gasteiger partial charge on any atom is -0.398 e. The molecule has 0 radical (unpaired) electrons. The average molecular weight is 279 g/mol. The summed E-state index contributed by atoms with van der Waals surface area (Å²) in [5.74, 6) is 0. The number of rotatable bonds is 2. The molecule has 4 heteroatoms. The molecule has 1 heterocycles. The Labute approximate surface area is 102 Å². The summed E-state index contributed by atoms with van der Waals surface area (Å²) in [5.41, 5.74) is 7.63. The fourth-order valence-electron chi connectivity index (χ4n) is 1.45. The van der Waals surface area contributed by atoms with Crippen molar-refractivity contribution in [2.75, 3.05) is 5.73 Å². The Morgan fingerprint density at radius 3 is 2.50 bits per heavy atom. The molecule has 0 bridgehead atoms. The van der Waals surface area contributed by atoms with Crippen molar-refractivity contribution in [3.63, 3.8) is 0 Å². The lowest BCUT2D eigenvalue weighted by molar-refractivity contribution is 0.789. The number of nitrogen functional groups attached to an aromatic ring is 1. The fourth-order valence-corrected chi connectivity index (χ4v) is 1.70. The summed E-state index contributed by atoms with van der Waals surface area (Å²) >= 11 is 3.35. The SMILES string of the molecule is Nc1cc(Cn2ccc(=O)cc2)ccc1Br. The van der Waals surface area contributed by atoms with Gasteiger partial charge in [-0.2, -0.15) is 0 Å². The molecule has 0 aliphatic carbocycles. The molecule has 0 spiro atoms. The van der Waals surface area contributed by atoms with Crippen molar-refractivity contribution in [3.05, 3.63) is 63.0 Å². The summed E-state index contributed by atoms with van der Waals surface area (Å²) < 4.78 is 2.83. The summed E-state index contributed by atoms with van der Waals surface area (Å²) in [4.78, 5) is 10.9. The van der Waals surface area contributed by atoms with Crippen molar-refractivity contribution in [1.82, 2.24) is 4.57 Å². The van der Waals surface area contributed by atoms with Crippen molar-refractivity contribution >= 4 is 21.6 Å². The predicted octanol–water partition coefficient (Wildman–Crippen LogP) is 2.24. The standard InChI is InChI=1S/C12H11BrN2O/c13-11-2-1-9(7-12(11)14)8-15-5-3-10(16)4-6-15/h1-7H,8,14H2. The number of anilines is 1. The van der Waals surface area contributed by atoms with E-state index in [0.29, 0.717) is 6.54 Å². The lowest BCUT2D eigenvalue weighted by atomic mass is 10.2. The Hall–Kier alpha value is -1.55. The van der Waals surface area contributed by atoms with Crippen molar-refractivity contribution in [3.8, 4) is 0 Å². The number of nitrogens with zero attached hydrogens (tertiary/aromatic N) is 1. The van der Waals surface area contributed by atoms with Gasteiger partial charge in [0.1, 0.15) is 0 Å². The van der Waals surface area contributed by atoms with Crippen LogP contribution in [0.1, 0.15) is 5.56 Å². The number of hydrogen-bond acceptors (Lipinski definition) is 2. The van der Waals surface area contributed by atoms with Crippen LogP contribution in [0.5, 0.6) is 0 Å². The number of hydrogen-bond donors (Lipinski definition) is 1. The van der Waals surface area contributed by atoms with E-state index in [4.69, 9.17) is 5.73 Å². The van der Waals surface area contributed by atoms with Crippen LogP contribution in [0.25, 0.3) is 0 Å². The molecule has 3 nitrogen and oxygen atoms in total. The number of benzene rings is 1. The highest BCUT2D eigenvalue weighted by molar-refractivity contribution is 9.10. The molecule has 0 saturated heterocycles. The Balaban J connectivity index is 2.23. The van der Waals surface area contributed by atoms with Crippen molar-refractivity contribution in [2.24, 2.45) is 0 Å². The second-order valence-electron chi connectivity index (χ2n) is 3.56. The molecule has 0 amide bonds. The minimum atomic E-state index is 0.0200. The summed E-state index contributed by atoms with van der Waals surface area (Å²) in [6, 6.07) is 8.93. The van der Waals surface area contributed by atoms with E-state index < -0.39 is 0 Å². The van der Waals surface area contributed by atoms with Gasteiger partial charge in [-0.25, -0.2) is 0 Å². The summed E-state index contributed by atoms with van der Waals surface area (Å²) in [6.45, 7) is 0.706. The Bertz CT molecular complexity index is 543. The highest BCUT2D eigenvalue weighted by atomic mass is 79.9. The van der Waals surface area contributed by atoms with Crippen molar-refractivity contribution in [2.45, 2.75) is 6.54 Å². The van der Waals surface area contributed by atoms with Gasteiger partial charge in [0.15, 0.2) is 5.43 Å². The first-order valence-corrected chi connectivity index (χ1v) is 5.64. The van der Waals surface area contributed by atoms with Crippen LogP contribution >= 0.6 is 15.9 Å². The first kappa shape index (κ1) is 11.0. The number of pyridine rings is 1. The molecule has 0 fully saturated rings. The average Bonchev–Trinajstić information content (AvgIpc) is 2.27. The van der Waals surface area contributed by atoms with Gasteiger partial charge in [0, 0.05) is 41.2 Å². The van der Waals surface area contributed by atoms with E-state index in [1.807, 2.05) is 22.8 Å². The third-order valence-electron chi connectivity index (χ3n) is 2.29. The maximum Gasteiger partial charge on any atom is 0.181 e. The second-order valence-corrected chi connectivity index (χ2v) is 4.42. The van der Waals surface area contributed by atoms with Crippen LogP contribution in [0.2, 0.25) is 0 Å². The lowest BCUT2D eigenvalue weighted by Crippen LogP contribution is -2.05. The van der Waals surface area contributed by atoms with Gasteiger partial charge in [0.25, 0.3) is 0 Å². The van der Waals surface area contributed by atoms with E-state index in [-0.39, 0.29) is 5.43 Å². The highest BCUT2D eigenvalue weighted by Gasteiger charge is 1.98. The van der Waals surface area contributed by atoms with Gasteiger partial charge in [-0.3, -0.25) is 4.79 Å². The van der Waals surface area contributed by atoms with Gasteiger partial charge in [-0.15, -0.1) is 0 Å². The van der Waals surface area contributed by atoms with Crippen LogP contribution in [-0.4, -0.2) is 4.57 Å². The predicted molar refractivity (Wildman–Crippen MR) is 68.4 cm³/mol. The van der Waals surface area contributed by atoms with E-state index in [9.17, 15) is 4.79 Å². The van der Waals surface area contributed by atoms with Gasteiger partial charge in [0.05, 0.1) is 0 Å². The zero-order valence-electron chi connectivity index (χ0n) is 8.56. The van der Waals surface area contributed by atoms with Crippen molar-refractivity contribution in [1.29, 1.82) is 0 Å². The molecule has 1 aromatic heterocycles. The third kappa shape index (κ3) is 2.52. The molecule has 0 unspecified atom stereocenters. The number of aromatic nitrogens is 1. The quantitative estimate of drug-likeness (QED) is 0.857. The van der Waals surface area contributed by atoms with Gasteiger partial charge >= 0.3 is 0 Å². The fraction of sp³-hybridized carbons (Fsp3) is 0.0833. The Morgan fingerprint density at radius 2 is 1.88 bits per heavy atom. The summed E-state index contributed by atoms with van der Waals surface area (Å²) in [6.07, 6.45) is 3.53. The number of halogens is 1. The molecule has 0 aliphatic rings. The Kier molecular flexibility index (Phi) is 3.10. The smallest absolute Gasteiger partial charge is 0.181 e. The zero-order chi connectivity index (χ0) is 11.5. The largest absolute Gasteiger partial charge is 0.398 e. The first-order chi connectivity index (χ1) is 7.65. The molecule has 0 atom stereocenters. The molecule has 1 aromatic carbocycles. The van der Waals surface area contributed by atoms with Crippen LogP contribution in [0.15, 0.2) is 52.0 Å². The second kappa shape index (κ2) is 4.53. The van der Waals surface area contributed by atoms with Gasteiger partial charge in [-0.1, -0.05) is 6.07 Å². The first-order valence-electron chi connectivity index (χ1n) is 4.85. The van der Waals surface area contributed by atoms with E-state index in [0.717, 1.165) is 15.7 Å². The van der Waals surface area contributed by atoms with E-state index in [2.05, 4.69) is 15.9 Å². The van der Waals surface area contributed by atoms with E-state index in [1.165, 1.54) is 0 Å². The number of nitrogens with two attached hydrogens (primary N) is 1. The van der Waals surface area contributed by atoms with Gasteiger partial charge in [0.2, 0.25) is 0 Å². The summed E-state index contributed by atoms with van der Waals surface area (Å²) in [5, 5.41) is 0. The normalized spacial score (nSPS) is 10.3. The maximum absolute atomic E-state index is 10.9. The van der Waals surface area contributed by atoms with E-state index in [1.54, 1.807) is 24.5 Å². The van der Waals surface area contributed by atoms with Crippen molar-refractivity contribution < 1.29 is 0 Å². The minimum absolute atomic E-state index is 0.0200. The third-order valence-corrected chi connectivity index (χ3v) is 3.01. The molecule has 82 valence electrons. The maximum atomic E-state index is 10.9. The molecule has 2 N–H and O–H groups in total. The molecular formula is C12H11BrN2O. The van der Waals surface area contributed by atoms with Crippen LogP contribution in [0.3, 0.4) is 0 Å². The monoisotopic (exact) mass is 278 g/mol.